The Morgan fingerprint density at radius 3 is 2.56 bits per heavy atom. The molecule has 5 nitrogen and oxygen atoms in total. The van der Waals surface area contributed by atoms with E-state index >= 15 is 0 Å². The summed E-state index contributed by atoms with van der Waals surface area (Å²) in [5.74, 6) is 1.49. The van der Waals surface area contributed by atoms with Crippen LogP contribution >= 0.6 is 0 Å². The minimum atomic E-state index is 0.541. The van der Waals surface area contributed by atoms with Crippen molar-refractivity contribution in [1.82, 2.24) is 14.9 Å². The van der Waals surface area contributed by atoms with E-state index in [1.807, 2.05) is 6.07 Å². The van der Waals surface area contributed by atoms with Crippen LogP contribution in [0.2, 0.25) is 0 Å². The highest BCUT2D eigenvalue weighted by atomic mass is 15.2. The maximum atomic E-state index is 5.65. The zero-order chi connectivity index (χ0) is 11.5. The summed E-state index contributed by atoms with van der Waals surface area (Å²) in [5.41, 5.74) is 5.65. The molecule has 16 heavy (non-hydrogen) atoms. The van der Waals surface area contributed by atoms with E-state index in [2.05, 4.69) is 33.9 Å². The van der Waals surface area contributed by atoms with Crippen molar-refractivity contribution in [3.8, 4) is 0 Å². The number of nitrogens with two attached hydrogens (primary N) is 1. The zero-order valence-electron chi connectivity index (χ0n) is 9.93. The Balaban J connectivity index is 1.99. The number of nitrogens with zero attached hydrogens (tertiary/aromatic N) is 4. The number of rotatable bonds is 2. The maximum Gasteiger partial charge on any atom is 0.134 e. The number of piperidine rings is 1. The van der Waals surface area contributed by atoms with Crippen molar-refractivity contribution in [1.29, 1.82) is 0 Å². The van der Waals surface area contributed by atoms with Gasteiger partial charge in [-0.2, -0.15) is 0 Å². The first-order valence-corrected chi connectivity index (χ1v) is 5.65. The number of anilines is 2. The summed E-state index contributed by atoms with van der Waals surface area (Å²) in [7, 11) is 4.28. The van der Waals surface area contributed by atoms with Crippen molar-refractivity contribution in [2.45, 2.75) is 18.9 Å². The molecule has 0 aliphatic carbocycles. The summed E-state index contributed by atoms with van der Waals surface area (Å²) in [5, 5.41) is 0. The number of nitrogen functional groups attached to an aromatic ring is 1. The summed E-state index contributed by atoms with van der Waals surface area (Å²) >= 11 is 0. The fourth-order valence-electron chi connectivity index (χ4n) is 2.15. The van der Waals surface area contributed by atoms with Crippen LogP contribution in [0.4, 0.5) is 11.6 Å². The highest BCUT2D eigenvalue weighted by Crippen LogP contribution is 2.20. The van der Waals surface area contributed by atoms with Gasteiger partial charge < -0.3 is 15.5 Å². The van der Waals surface area contributed by atoms with E-state index in [1.54, 1.807) is 0 Å². The summed E-state index contributed by atoms with van der Waals surface area (Å²) < 4.78 is 0. The van der Waals surface area contributed by atoms with E-state index < -0.39 is 0 Å². The Labute approximate surface area is 96.3 Å². The number of aromatic nitrogens is 2. The van der Waals surface area contributed by atoms with E-state index in [0.717, 1.165) is 18.9 Å². The van der Waals surface area contributed by atoms with E-state index in [1.165, 1.54) is 19.2 Å². The van der Waals surface area contributed by atoms with Crippen LogP contribution < -0.4 is 10.6 Å². The molecule has 88 valence electrons. The van der Waals surface area contributed by atoms with Crippen molar-refractivity contribution < 1.29 is 0 Å². The zero-order valence-corrected chi connectivity index (χ0v) is 9.93. The van der Waals surface area contributed by atoms with Crippen LogP contribution in [0.1, 0.15) is 12.8 Å². The molecule has 1 fully saturated rings. The lowest BCUT2D eigenvalue weighted by Crippen LogP contribution is -2.42. The lowest BCUT2D eigenvalue weighted by Gasteiger charge is -2.35. The summed E-state index contributed by atoms with van der Waals surface area (Å²) in [4.78, 5) is 12.7. The quantitative estimate of drug-likeness (QED) is 0.792. The van der Waals surface area contributed by atoms with Gasteiger partial charge in [-0.05, 0) is 26.9 Å². The fourth-order valence-corrected chi connectivity index (χ4v) is 2.15. The molecule has 2 heterocycles. The average molecular weight is 221 g/mol. The fraction of sp³-hybridized carbons (Fsp3) is 0.636. The van der Waals surface area contributed by atoms with Gasteiger partial charge >= 0.3 is 0 Å². The molecule has 0 unspecified atom stereocenters. The van der Waals surface area contributed by atoms with Gasteiger partial charge in [0, 0.05) is 25.2 Å². The Hall–Kier alpha value is -1.36. The first-order valence-electron chi connectivity index (χ1n) is 5.65. The Morgan fingerprint density at radius 2 is 2.00 bits per heavy atom. The molecular formula is C11H19N5. The first-order chi connectivity index (χ1) is 7.66. The second-order valence-electron chi connectivity index (χ2n) is 4.48. The minimum absolute atomic E-state index is 0.541. The second kappa shape index (κ2) is 4.65. The molecule has 0 aromatic carbocycles. The van der Waals surface area contributed by atoms with E-state index in [4.69, 9.17) is 5.73 Å². The first kappa shape index (κ1) is 11.1. The van der Waals surface area contributed by atoms with Gasteiger partial charge in [0.1, 0.15) is 18.0 Å². The molecule has 0 amide bonds. The standard InChI is InChI=1S/C11H19N5/c1-15(2)9-3-5-16(6-4-9)11-7-10(12)13-8-14-11/h7-9H,3-6H2,1-2H3,(H2,12,13,14). The van der Waals surface area contributed by atoms with Crippen molar-refractivity contribution in [2.75, 3.05) is 37.8 Å². The SMILES string of the molecule is CN(C)C1CCN(c2cc(N)ncn2)CC1. The highest BCUT2D eigenvalue weighted by molar-refractivity contribution is 5.46. The summed E-state index contributed by atoms with van der Waals surface area (Å²) in [6.07, 6.45) is 3.89. The predicted octanol–water partition coefficient (Wildman–Crippen LogP) is 0.589. The lowest BCUT2D eigenvalue weighted by molar-refractivity contribution is 0.249. The van der Waals surface area contributed by atoms with E-state index in [9.17, 15) is 0 Å². The van der Waals surface area contributed by atoms with Crippen LogP contribution in [0.3, 0.4) is 0 Å². The predicted molar refractivity (Wildman–Crippen MR) is 65.4 cm³/mol. The molecule has 5 heteroatoms. The van der Waals surface area contributed by atoms with Crippen LogP contribution in [0.15, 0.2) is 12.4 Å². The number of hydrogen-bond acceptors (Lipinski definition) is 5. The molecule has 0 radical (unpaired) electrons. The van der Waals surface area contributed by atoms with Crippen LogP contribution in [-0.4, -0.2) is 48.1 Å². The van der Waals surface area contributed by atoms with Crippen molar-refractivity contribution >= 4 is 11.6 Å². The molecule has 0 spiro atoms. The molecule has 1 saturated heterocycles. The molecule has 0 saturated carbocycles. The Bertz CT molecular complexity index is 344. The van der Waals surface area contributed by atoms with Gasteiger partial charge in [-0.3, -0.25) is 0 Å². The smallest absolute Gasteiger partial charge is 0.134 e. The molecular weight excluding hydrogens is 202 g/mol. The molecule has 1 aromatic rings. The topological polar surface area (TPSA) is 58.3 Å². The molecule has 2 N–H and O–H groups in total. The monoisotopic (exact) mass is 221 g/mol. The van der Waals surface area contributed by atoms with Crippen molar-refractivity contribution in [3.63, 3.8) is 0 Å². The van der Waals surface area contributed by atoms with Crippen LogP contribution in [-0.2, 0) is 0 Å². The lowest BCUT2D eigenvalue weighted by atomic mass is 10.0. The molecule has 1 aliphatic heterocycles. The van der Waals surface area contributed by atoms with Gasteiger partial charge in [0.25, 0.3) is 0 Å². The molecule has 2 rings (SSSR count). The largest absolute Gasteiger partial charge is 0.384 e. The van der Waals surface area contributed by atoms with Gasteiger partial charge in [-0.1, -0.05) is 0 Å². The third-order valence-corrected chi connectivity index (χ3v) is 3.19. The molecule has 0 bridgehead atoms. The minimum Gasteiger partial charge on any atom is -0.384 e. The van der Waals surface area contributed by atoms with Crippen molar-refractivity contribution in [3.05, 3.63) is 12.4 Å². The molecule has 0 atom stereocenters. The van der Waals surface area contributed by atoms with Gasteiger partial charge in [0.05, 0.1) is 0 Å². The summed E-state index contributed by atoms with van der Waals surface area (Å²) in [6.45, 7) is 2.08. The molecule has 1 aliphatic rings. The van der Waals surface area contributed by atoms with Crippen molar-refractivity contribution in [2.24, 2.45) is 0 Å². The Kier molecular flexibility index (Phi) is 3.24. The maximum absolute atomic E-state index is 5.65. The summed E-state index contributed by atoms with van der Waals surface area (Å²) in [6, 6.07) is 2.53. The Morgan fingerprint density at radius 1 is 1.31 bits per heavy atom. The van der Waals surface area contributed by atoms with Gasteiger partial charge in [-0.25, -0.2) is 9.97 Å². The van der Waals surface area contributed by atoms with Crippen LogP contribution in [0.25, 0.3) is 0 Å². The van der Waals surface area contributed by atoms with Gasteiger partial charge in [-0.15, -0.1) is 0 Å². The normalized spacial score (nSPS) is 18.1. The number of hydrogen-bond donors (Lipinski definition) is 1. The van der Waals surface area contributed by atoms with Gasteiger partial charge in [0.2, 0.25) is 0 Å². The van der Waals surface area contributed by atoms with Gasteiger partial charge in [0.15, 0.2) is 0 Å². The second-order valence-corrected chi connectivity index (χ2v) is 4.48. The van der Waals surface area contributed by atoms with Crippen LogP contribution in [0.5, 0.6) is 0 Å². The van der Waals surface area contributed by atoms with Crippen LogP contribution in [0, 0.1) is 0 Å². The third-order valence-electron chi connectivity index (χ3n) is 3.19. The molecule has 1 aromatic heterocycles. The third kappa shape index (κ3) is 2.41. The van der Waals surface area contributed by atoms with E-state index in [-0.39, 0.29) is 0 Å². The highest BCUT2D eigenvalue weighted by Gasteiger charge is 2.21. The van der Waals surface area contributed by atoms with E-state index in [0.29, 0.717) is 11.9 Å². The average Bonchev–Trinajstić information content (AvgIpc) is 2.29.